The molecular weight excluding hydrogens is 243 g/mol. The first-order valence-electron chi connectivity index (χ1n) is 5.30. The van der Waals surface area contributed by atoms with E-state index in [1.54, 1.807) is 0 Å². The molecule has 0 aromatic heterocycles. The molecule has 18 heavy (non-hydrogen) atoms. The lowest BCUT2D eigenvalue weighted by Gasteiger charge is -2.24. The van der Waals surface area contributed by atoms with Crippen molar-refractivity contribution >= 4 is 17.3 Å². The van der Waals surface area contributed by atoms with Crippen LogP contribution in [0.15, 0.2) is 12.1 Å². The van der Waals surface area contributed by atoms with Gasteiger partial charge in [0, 0.05) is 18.8 Å². The Bertz CT molecular complexity index is 433. The van der Waals surface area contributed by atoms with Gasteiger partial charge in [-0.3, -0.25) is 0 Å². The minimum absolute atomic E-state index is 0.00954. The van der Waals surface area contributed by atoms with Gasteiger partial charge in [-0.2, -0.15) is 0 Å². The Hall–Kier alpha value is -1.86. The lowest BCUT2D eigenvalue weighted by molar-refractivity contribution is 0.0698. The maximum atomic E-state index is 13.7. The van der Waals surface area contributed by atoms with Gasteiger partial charge < -0.3 is 26.0 Å². The summed E-state index contributed by atoms with van der Waals surface area (Å²) < 4.78 is 13.7. The number of nitrogen functional groups attached to an aromatic ring is 1. The first-order chi connectivity index (χ1) is 8.51. The fourth-order valence-corrected chi connectivity index (χ4v) is 1.60. The van der Waals surface area contributed by atoms with Crippen molar-refractivity contribution in [3.05, 3.63) is 23.5 Å². The van der Waals surface area contributed by atoms with Crippen LogP contribution in [0.4, 0.5) is 15.8 Å². The van der Waals surface area contributed by atoms with Gasteiger partial charge in [-0.05, 0) is 12.1 Å². The molecule has 0 aliphatic heterocycles. The van der Waals surface area contributed by atoms with E-state index in [-0.39, 0.29) is 43.2 Å². The summed E-state index contributed by atoms with van der Waals surface area (Å²) in [5, 5.41) is 26.6. The van der Waals surface area contributed by atoms with Crippen molar-refractivity contribution in [2.24, 2.45) is 0 Å². The predicted molar refractivity (Wildman–Crippen MR) is 64.2 cm³/mol. The molecule has 0 saturated heterocycles. The summed E-state index contributed by atoms with van der Waals surface area (Å²) in [6, 6.07) is 2.01. The topological polar surface area (TPSA) is 107 Å². The highest BCUT2D eigenvalue weighted by atomic mass is 19.1. The van der Waals surface area contributed by atoms with Crippen LogP contribution >= 0.6 is 0 Å². The molecule has 0 amide bonds. The second kappa shape index (κ2) is 6.18. The number of nitrogens with two attached hydrogens (primary N) is 1. The molecule has 0 saturated carbocycles. The van der Waals surface area contributed by atoms with E-state index in [2.05, 4.69) is 0 Å². The summed E-state index contributed by atoms with van der Waals surface area (Å²) in [6.45, 7) is -0.320. The monoisotopic (exact) mass is 258 g/mol. The van der Waals surface area contributed by atoms with Gasteiger partial charge in [-0.1, -0.05) is 0 Å². The van der Waals surface area contributed by atoms with Crippen molar-refractivity contribution in [3.63, 3.8) is 0 Å². The summed E-state index contributed by atoms with van der Waals surface area (Å²) >= 11 is 0. The number of aromatic carboxylic acids is 1. The van der Waals surface area contributed by atoms with Gasteiger partial charge in [0.05, 0.1) is 24.5 Å². The maximum absolute atomic E-state index is 13.7. The average Bonchev–Trinajstić information content (AvgIpc) is 2.28. The van der Waals surface area contributed by atoms with Gasteiger partial charge in [0.25, 0.3) is 0 Å². The largest absolute Gasteiger partial charge is 0.478 e. The Balaban J connectivity index is 3.20. The number of rotatable bonds is 6. The van der Waals surface area contributed by atoms with E-state index in [1.165, 1.54) is 4.90 Å². The molecule has 5 N–H and O–H groups in total. The number of carboxylic acid groups (broad SMARTS) is 1. The highest BCUT2D eigenvalue weighted by Gasteiger charge is 2.17. The molecule has 6 nitrogen and oxygen atoms in total. The number of aliphatic hydroxyl groups is 2. The van der Waals surface area contributed by atoms with Crippen LogP contribution in [-0.2, 0) is 0 Å². The van der Waals surface area contributed by atoms with Crippen LogP contribution in [0.5, 0.6) is 0 Å². The number of hydrogen-bond donors (Lipinski definition) is 4. The molecule has 0 bridgehead atoms. The molecule has 0 atom stereocenters. The number of hydrogen-bond acceptors (Lipinski definition) is 5. The van der Waals surface area contributed by atoms with Crippen LogP contribution in [0.25, 0.3) is 0 Å². The van der Waals surface area contributed by atoms with Crippen molar-refractivity contribution in [2.75, 3.05) is 36.9 Å². The minimum Gasteiger partial charge on any atom is -0.478 e. The molecular formula is C11H15FN2O4. The number of carbonyl (C=O) groups is 1. The number of nitrogens with zero attached hydrogens (tertiary/aromatic N) is 1. The van der Waals surface area contributed by atoms with Crippen LogP contribution in [0.2, 0.25) is 0 Å². The van der Waals surface area contributed by atoms with E-state index >= 15 is 0 Å². The van der Waals surface area contributed by atoms with E-state index in [9.17, 15) is 9.18 Å². The quantitative estimate of drug-likeness (QED) is 0.531. The molecule has 0 fully saturated rings. The Morgan fingerprint density at radius 2 is 1.83 bits per heavy atom. The number of aliphatic hydroxyl groups excluding tert-OH is 2. The molecule has 0 unspecified atom stereocenters. The first kappa shape index (κ1) is 14.2. The van der Waals surface area contributed by atoms with Gasteiger partial charge in [0.15, 0.2) is 0 Å². The standard InChI is InChI=1S/C11H15FN2O4/c12-8-6-9(13)7(11(17)18)5-10(8)14(1-3-15)2-4-16/h5-6,15-16H,1-4,13H2,(H,17,18). The molecule has 1 aromatic rings. The average molecular weight is 258 g/mol. The zero-order valence-corrected chi connectivity index (χ0v) is 9.64. The smallest absolute Gasteiger partial charge is 0.337 e. The molecule has 0 aliphatic rings. The van der Waals surface area contributed by atoms with E-state index in [1.807, 2.05) is 0 Å². The Labute approximate surface area is 103 Å². The van der Waals surface area contributed by atoms with Crippen molar-refractivity contribution in [3.8, 4) is 0 Å². The van der Waals surface area contributed by atoms with Gasteiger partial charge in [0.2, 0.25) is 0 Å². The summed E-state index contributed by atoms with van der Waals surface area (Å²) in [5.74, 6) is -1.96. The highest BCUT2D eigenvalue weighted by molar-refractivity contribution is 5.95. The first-order valence-corrected chi connectivity index (χ1v) is 5.30. The fourth-order valence-electron chi connectivity index (χ4n) is 1.60. The number of benzene rings is 1. The van der Waals surface area contributed by atoms with E-state index in [4.69, 9.17) is 21.1 Å². The molecule has 100 valence electrons. The Morgan fingerprint density at radius 3 is 2.28 bits per heavy atom. The lowest BCUT2D eigenvalue weighted by Crippen LogP contribution is -2.30. The normalized spacial score (nSPS) is 10.4. The van der Waals surface area contributed by atoms with Crippen LogP contribution in [0.1, 0.15) is 10.4 Å². The second-order valence-electron chi connectivity index (χ2n) is 3.63. The Morgan fingerprint density at radius 1 is 1.28 bits per heavy atom. The number of anilines is 2. The molecule has 0 spiro atoms. The maximum Gasteiger partial charge on any atom is 0.337 e. The molecule has 1 rings (SSSR count). The molecule has 1 aromatic carbocycles. The zero-order chi connectivity index (χ0) is 13.7. The van der Waals surface area contributed by atoms with Gasteiger partial charge in [-0.15, -0.1) is 0 Å². The third-order valence-electron chi connectivity index (χ3n) is 2.43. The van der Waals surface area contributed by atoms with Gasteiger partial charge in [0.1, 0.15) is 5.82 Å². The van der Waals surface area contributed by atoms with E-state index in [0.29, 0.717) is 0 Å². The van der Waals surface area contributed by atoms with E-state index < -0.39 is 11.8 Å². The lowest BCUT2D eigenvalue weighted by atomic mass is 10.1. The van der Waals surface area contributed by atoms with Crippen molar-refractivity contribution in [1.82, 2.24) is 0 Å². The summed E-state index contributed by atoms with van der Waals surface area (Å²) in [5.41, 5.74) is 5.01. The van der Waals surface area contributed by atoms with Crippen molar-refractivity contribution in [2.45, 2.75) is 0 Å². The number of carboxylic acids is 1. The van der Waals surface area contributed by atoms with Crippen LogP contribution < -0.4 is 10.6 Å². The third kappa shape index (κ3) is 3.08. The summed E-state index contributed by atoms with van der Waals surface area (Å²) in [4.78, 5) is 12.3. The number of halogens is 1. The summed E-state index contributed by atoms with van der Waals surface area (Å²) in [7, 11) is 0. The van der Waals surface area contributed by atoms with Crippen LogP contribution in [0.3, 0.4) is 0 Å². The third-order valence-corrected chi connectivity index (χ3v) is 2.43. The predicted octanol–water partition coefficient (Wildman–Crippen LogP) is -0.103. The highest BCUT2D eigenvalue weighted by Crippen LogP contribution is 2.25. The van der Waals surface area contributed by atoms with Crippen molar-refractivity contribution in [1.29, 1.82) is 0 Å². The van der Waals surface area contributed by atoms with E-state index in [0.717, 1.165) is 12.1 Å². The SMILES string of the molecule is Nc1cc(F)c(N(CCO)CCO)cc1C(=O)O. The van der Waals surface area contributed by atoms with Gasteiger partial charge in [-0.25, -0.2) is 9.18 Å². The van der Waals surface area contributed by atoms with Crippen LogP contribution in [-0.4, -0.2) is 47.6 Å². The summed E-state index contributed by atoms with van der Waals surface area (Å²) in [6.07, 6.45) is 0. The molecule has 7 heteroatoms. The second-order valence-corrected chi connectivity index (χ2v) is 3.63. The molecule has 0 heterocycles. The van der Waals surface area contributed by atoms with Crippen molar-refractivity contribution < 1.29 is 24.5 Å². The Kier molecular flexibility index (Phi) is 4.87. The molecule has 0 aliphatic carbocycles. The van der Waals surface area contributed by atoms with Crippen LogP contribution in [0, 0.1) is 5.82 Å². The zero-order valence-electron chi connectivity index (χ0n) is 9.64. The minimum atomic E-state index is -1.26. The van der Waals surface area contributed by atoms with Gasteiger partial charge >= 0.3 is 5.97 Å². The molecule has 0 radical (unpaired) electrons. The fraction of sp³-hybridized carbons (Fsp3) is 0.364.